The van der Waals surface area contributed by atoms with Gasteiger partial charge in [-0.15, -0.1) is 11.3 Å². The first-order valence-corrected chi connectivity index (χ1v) is 13.5. The molecule has 1 N–H and O–H groups in total. The Balaban J connectivity index is 1.61. The molecule has 2 aromatic heterocycles. The highest BCUT2D eigenvalue weighted by Gasteiger charge is 2.41. The van der Waals surface area contributed by atoms with E-state index >= 15 is 0 Å². The van der Waals surface area contributed by atoms with Crippen LogP contribution in [0.4, 0.5) is 30.2 Å². The molecule has 0 aliphatic carbocycles. The van der Waals surface area contributed by atoms with Gasteiger partial charge in [0.25, 0.3) is 0 Å². The van der Waals surface area contributed by atoms with Gasteiger partial charge in [-0.05, 0) is 42.6 Å². The van der Waals surface area contributed by atoms with Gasteiger partial charge < -0.3 is 24.4 Å². The fraction of sp³-hybridized carbons (Fsp3) is 0.321. The lowest BCUT2D eigenvalue weighted by Crippen LogP contribution is -2.57. The molecule has 216 valence electrons. The first kappa shape index (κ1) is 28.3. The SMILES string of the molecule is C=C1CN(C2=Nc3ccsc3[C@H](CC(=O)O)N2c2cc(C(F)(F)F)ccc2OC)C[C@@H](C)N1c1ccnc(OC)c1. The van der Waals surface area contributed by atoms with Gasteiger partial charge in [0.2, 0.25) is 11.8 Å². The number of benzene rings is 1. The van der Waals surface area contributed by atoms with Crippen LogP contribution >= 0.6 is 11.3 Å². The highest BCUT2D eigenvalue weighted by atomic mass is 32.1. The van der Waals surface area contributed by atoms with E-state index in [1.54, 1.807) is 28.6 Å². The van der Waals surface area contributed by atoms with Gasteiger partial charge in [-0.2, -0.15) is 13.2 Å². The fourth-order valence-corrected chi connectivity index (χ4v) is 6.22. The van der Waals surface area contributed by atoms with E-state index in [0.717, 1.165) is 17.8 Å². The van der Waals surface area contributed by atoms with Gasteiger partial charge in [0.1, 0.15) is 5.75 Å². The van der Waals surface area contributed by atoms with Crippen molar-refractivity contribution < 1.29 is 32.5 Å². The van der Waals surface area contributed by atoms with Gasteiger partial charge in [-0.25, -0.2) is 9.98 Å². The number of piperazine rings is 1. The zero-order chi connectivity index (χ0) is 29.5. The molecule has 1 fully saturated rings. The summed E-state index contributed by atoms with van der Waals surface area (Å²) in [5.41, 5.74) is 1.32. The Morgan fingerprint density at radius 1 is 1.17 bits per heavy atom. The summed E-state index contributed by atoms with van der Waals surface area (Å²) in [7, 11) is 2.90. The number of alkyl halides is 3. The van der Waals surface area contributed by atoms with E-state index in [0.29, 0.717) is 34.6 Å². The number of aromatic nitrogens is 1. The molecular weight excluding hydrogens is 559 g/mol. The average molecular weight is 588 g/mol. The van der Waals surface area contributed by atoms with Gasteiger partial charge in [-0.3, -0.25) is 9.69 Å². The molecule has 2 aliphatic rings. The van der Waals surface area contributed by atoms with Crippen molar-refractivity contribution in [2.24, 2.45) is 4.99 Å². The summed E-state index contributed by atoms with van der Waals surface area (Å²) in [6.07, 6.45) is -3.34. The van der Waals surface area contributed by atoms with Gasteiger partial charge >= 0.3 is 12.1 Å². The van der Waals surface area contributed by atoms with Crippen LogP contribution in [0.2, 0.25) is 0 Å². The zero-order valence-electron chi connectivity index (χ0n) is 22.6. The van der Waals surface area contributed by atoms with Crippen molar-refractivity contribution in [1.82, 2.24) is 9.88 Å². The van der Waals surface area contributed by atoms with Crippen molar-refractivity contribution in [1.29, 1.82) is 0 Å². The number of aliphatic imine (C=N–C) groups is 1. The number of halogens is 3. The average Bonchev–Trinajstić information content (AvgIpc) is 3.40. The van der Waals surface area contributed by atoms with Crippen molar-refractivity contribution in [2.75, 3.05) is 37.1 Å². The number of ether oxygens (including phenoxy) is 2. The Morgan fingerprint density at radius 3 is 2.61 bits per heavy atom. The molecule has 4 heterocycles. The van der Waals surface area contributed by atoms with Gasteiger partial charge in [0.05, 0.1) is 55.0 Å². The smallest absolute Gasteiger partial charge is 0.416 e. The molecule has 0 saturated carbocycles. The predicted octanol–water partition coefficient (Wildman–Crippen LogP) is 5.93. The molecule has 0 amide bonds. The van der Waals surface area contributed by atoms with E-state index in [1.165, 1.54) is 31.6 Å². The van der Waals surface area contributed by atoms with Crippen LogP contribution in [0.5, 0.6) is 11.6 Å². The number of carboxylic acids is 1. The minimum Gasteiger partial charge on any atom is -0.495 e. The third-order valence-corrected chi connectivity index (χ3v) is 7.99. The summed E-state index contributed by atoms with van der Waals surface area (Å²) in [5, 5.41) is 11.7. The molecule has 2 atom stereocenters. The highest BCUT2D eigenvalue weighted by Crippen LogP contribution is 2.47. The number of carboxylic acid groups (broad SMARTS) is 1. The molecule has 0 unspecified atom stereocenters. The first-order valence-electron chi connectivity index (χ1n) is 12.7. The molecule has 0 radical (unpaired) electrons. The number of aliphatic carboxylic acids is 1. The molecule has 1 aromatic carbocycles. The topological polar surface area (TPSA) is 90.7 Å². The number of hydrogen-bond acceptors (Lipinski definition) is 9. The second kappa shape index (κ2) is 11.0. The first-order chi connectivity index (χ1) is 19.5. The summed E-state index contributed by atoms with van der Waals surface area (Å²) >= 11 is 1.31. The Bertz CT molecular complexity index is 1510. The monoisotopic (exact) mass is 587 g/mol. The molecule has 41 heavy (non-hydrogen) atoms. The number of nitrogens with zero attached hydrogens (tertiary/aromatic N) is 5. The second-order valence-electron chi connectivity index (χ2n) is 9.67. The standard InChI is InChI=1S/C28H28F3N5O4S/c1-16-14-34(15-17(2)35(16)19-7-9-32-24(12-19)40-4)27-33-20-8-10-41-26(20)22(13-25(37)38)36(27)21-11-18(28(29,30)31)5-6-23(21)39-3/h5-12,17,22H,1,13-15H2,2-4H3,(H,37,38)/t17-,22+/m1/s1. The number of rotatable bonds is 6. The third-order valence-electron chi connectivity index (χ3n) is 6.99. The highest BCUT2D eigenvalue weighted by molar-refractivity contribution is 7.10. The fourth-order valence-electron chi connectivity index (χ4n) is 5.30. The lowest BCUT2D eigenvalue weighted by atomic mass is 10.0. The van der Waals surface area contributed by atoms with Crippen molar-refractivity contribution in [2.45, 2.75) is 31.6 Å². The zero-order valence-corrected chi connectivity index (χ0v) is 23.4. The minimum absolute atomic E-state index is 0.0749. The third kappa shape index (κ3) is 5.41. The quantitative estimate of drug-likeness (QED) is 0.380. The molecule has 2 aliphatic heterocycles. The van der Waals surface area contributed by atoms with Crippen LogP contribution in [-0.4, -0.2) is 60.3 Å². The molecule has 0 bridgehead atoms. The normalized spacial score (nSPS) is 19.1. The number of pyridine rings is 1. The van der Waals surface area contributed by atoms with Crippen molar-refractivity contribution in [3.63, 3.8) is 0 Å². The largest absolute Gasteiger partial charge is 0.495 e. The summed E-state index contributed by atoms with van der Waals surface area (Å²) in [5.74, 6) is -0.165. The molecule has 13 heteroatoms. The molecule has 0 spiro atoms. The Kier molecular flexibility index (Phi) is 7.56. The molecule has 1 saturated heterocycles. The molecule has 3 aromatic rings. The molecule has 9 nitrogen and oxygen atoms in total. The summed E-state index contributed by atoms with van der Waals surface area (Å²) in [4.78, 5) is 27.3. The number of methoxy groups -OCH3 is 2. The predicted molar refractivity (Wildman–Crippen MR) is 150 cm³/mol. The van der Waals surface area contributed by atoms with Crippen LogP contribution in [0, 0.1) is 0 Å². The lowest BCUT2D eigenvalue weighted by Gasteiger charge is -2.47. The van der Waals surface area contributed by atoms with Crippen molar-refractivity contribution >= 4 is 40.3 Å². The number of thiophene rings is 1. The number of carbonyl (C=O) groups is 1. The van der Waals surface area contributed by atoms with Crippen LogP contribution in [0.3, 0.4) is 0 Å². The van der Waals surface area contributed by atoms with E-state index in [4.69, 9.17) is 14.5 Å². The molecular formula is C28H28F3N5O4S. The number of hydrogen-bond donors (Lipinski definition) is 1. The van der Waals surface area contributed by atoms with Gasteiger partial charge in [0.15, 0.2) is 0 Å². The van der Waals surface area contributed by atoms with Crippen LogP contribution < -0.4 is 19.3 Å². The Hall–Kier alpha value is -4.26. The summed E-state index contributed by atoms with van der Waals surface area (Å²) in [6, 6.07) is 7.64. The Morgan fingerprint density at radius 2 is 1.95 bits per heavy atom. The van der Waals surface area contributed by atoms with E-state index in [2.05, 4.69) is 11.6 Å². The number of fused-ring (bicyclic) bond motifs is 1. The minimum atomic E-state index is -4.62. The maximum absolute atomic E-state index is 13.9. The van der Waals surface area contributed by atoms with E-state index in [9.17, 15) is 23.1 Å². The van der Waals surface area contributed by atoms with Gasteiger partial charge in [0, 0.05) is 36.2 Å². The van der Waals surface area contributed by atoms with E-state index < -0.39 is 23.8 Å². The van der Waals surface area contributed by atoms with E-state index in [-0.39, 0.29) is 30.4 Å². The summed E-state index contributed by atoms with van der Waals surface area (Å²) in [6.45, 7) is 6.98. The van der Waals surface area contributed by atoms with Crippen LogP contribution in [-0.2, 0) is 11.0 Å². The second-order valence-corrected chi connectivity index (χ2v) is 10.6. The van der Waals surface area contributed by atoms with Crippen molar-refractivity contribution in [3.8, 4) is 11.6 Å². The van der Waals surface area contributed by atoms with Crippen LogP contribution in [0.15, 0.2) is 65.2 Å². The Labute approximate surface area is 238 Å². The maximum Gasteiger partial charge on any atom is 0.416 e. The number of guanidine groups is 1. The lowest BCUT2D eigenvalue weighted by molar-refractivity contribution is -0.138. The van der Waals surface area contributed by atoms with Crippen molar-refractivity contribution in [3.05, 3.63) is 70.7 Å². The molecule has 5 rings (SSSR count). The van der Waals surface area contributed by atoms with E-state index in [1.807, 2.05) is 22.8 Å². The van der Waals surface area contributed by atoms with Gasteiger partial charge in [-0.1, -0.05) is 6.58 Å². The van der Waals surface area contributed by atoms with Crippen LogP contribution in [0.1, 0.15) is 29.8 Å². The number of anilines is 2. The maximum atomic E-state index is 13.9. The summed E-state index contributed by atoms with van der Waals surface area (Å²) < 4.78 is 52.3. The van der Waals surface area contributed by atoms with Crippen LogP contribution in [0.25, 0.3) is 0 Å².